The van der Waals surface area contributed by atoms with Gasteiger partial charge in [-0.05, 0) is 42.8 Å². The summed E-state index contributed by atoms with van der Waals surface area (Å²) >= 11 is 1.69. The summed E-state index contributed by atoms with van der Waals surface area (Å²) in [6.07, 6.45) is 0.922. The van der Waals surface area contributed by atoms with Crippen molar-refractivity contribution in [3.8, 4) is 11.5 Å². The summed E-state index contributed by atoms with van der Waals surface area (Å²) in [7, 11) is 0. The summed E-state index contributed by atoms with van der Waals surface area (Å²) in [6.45, 7) is 3.51. The molecule has 0 aromatic heterocycles. The molecule has 1 heterocycles. The fourth-order valence-corrected chi connectivity index (χ4v) is 3.04. The van der Waals surface area contributed by atoms with E-state index in [2.05, 4.69) is 13.0 Å². The molecule has 104 valence electrons. The fourth-order valence-electron chi connectivity index (χ4n) is 2.06. The molecular formula is C16H17NO2S. The lowest BCUT2D eigenvalue weighted by Gasteiger charge is -2.10. The van der Waals surface area contributed by atoms with Gasteiger partial charge < -0.3 is 15.2 Å². The van der Waals surface area contributed by atoms with Crippen molar-refractivity contribution in [1.82, 2.24) is 0 Å². The van der Waals surface area contributed by atoms with Crippen molar-refractivity contribution in [2.75, 3.05) is 18.9 Å². The highest BCUT2D eigenvalue weighted by molar-refractivity contribution is 7.99. The number of nitrogen functional groups attached to an aromatic ring is 1. The fraction of sp³-hybridized carbons (Fsp3) is 0.250. The van der Waals surface area contributed by atoms with Crippen molar-refractivity contribution in [3.05, 3.63) is 42.0 Å². The number of ether oxygens (including phenoxy) is 2. The van der Waals surface area contributed by atoms with E-state index in [4.69, 9.17) is 15.2 Å². The zero-order valence-electron chi connectivity index (χ0n) is 11.4. The molecule has 3 nitrogen and oxygen atoms in total. The third kappa shape index (κ3) is 2.85. The van der Waals surface area contributed by atoms with Gasteiger partial charge in [-0.2, -0.15) is 0 Å². The smallest absolute Gasteiger partial charge is 0.162 e. The highest BCUT2D eigenvalue weighted by Crippen LogP contribution is 2.37. The maximum Gasteiger partial charge on any atom is 0.162 e. The van der Waals surface area contributed by atoms with Gasteiger partial charge in [-0.1, -0.05) is 17.8 Å². The molecule has 0 saturated carbocycles. The standard InChI is InChI=1S/C16H17NO2S/c1-11-3-4-12(17)9-16(11)20-13-5-6-14-15(10-13)19-8-2-7-18-14/h3-6,9-10H,2,7-8,17H2,1H3. The molecule has 0 aliphatic carbocycles. The number of rotatable bonds is 2. The number of anilines is 1. The van der Waals surface area contributed by atoms with Crippen molar-refractivity contribution < 1.29 is 9.47 Å². The van der Waals surface area contributed by atoms with Crippen LogP contribution in [0.4, 0.5) is 5.69 Å². The average Bonchev–Trinajstić information content (AvgIpc) is 2.67. The molecule has 0 bridgehead atoms. The van der Waals surface area contributed by atoms with Crippen LogP contribution in [0.15, 0.2) is 46.2 Å². The normalized spacial score (nSPS) is 13.8. The Bertz CT molecular complexity index is 628. The first-order chi connectivity index (χ1) is 9.72. The van der Waals surface area contributed by atoms with Crippen LogP contribution >= 0.6 is 11.8 Å². The second-order valence-corrected chi connectivity index (χ2v) is 5.90. The van der Waals surface area contributed by atoms with Gasteiger partial charge in [-0.3, -0.25) is 0 Å². The van der Waals surface area contributed by atoms with Crippen LogP contribution < -0.4 is 15.2 Å². The monoisotopic (exact) mass is 287 g/mol. The summed E-state index contributed by atoms with van der Waals surface area (Å²) < 4.78 is 11.4. The molecule has 0 amide bonds. The van der Waals surface area contributed by atoms with Crippen LogP contribution in [-0.4, -0.2) is 13.2 Å². The third-order valence-corrected chi connectivity index (χ3v) is 4.31. The number of nitrogens with two attached hydrogens (primary N) is 1. The van der Waals surface area contributed by atoms with Crippen LogP contribution in [0.2, 0.25) is 0 Å². The molecule has 2 N–H and O–H groups in total. The van der Waals surface area contributed by atoms with Crippen molar-refractivity contribution in [2.24, 2.45) is 0 Å². The SMILES string of the molecule is Cc1ccc(N)cc1Sc1ccc2c(c1)OCCCO2. The zero-order chi connectivity index (χ0) is 13.9. The van der Waals surface area contributed by atoms with E-state index in [1.807, 2.05) is 30.3 Å². The first kappa shape index (κ1) is 13.2. The van der Waals surface area contributed by atoms with E-state index in [1.165, 1.54) is 10.5 Å². The minimum absolute atomic E-state index is 0.707. The lowest BCUT2D eigenvalue weighted by Crippen LogP contribution is -1.97. The lowest BCUT2D eigenvalue weighted by atomic mass is 10.2. The Morgan fingerprint density at radius 1 is 1.00 bits per heavy atom. The summed E-state index contributed by atoms with van der Waals surface area (Å²) in [5, 5.41) is 0. The number of hydrogen-bond donors (Lipinski definition) is 1. The largest absolute Gasteiger partial charge is 0.490 e. The third-order valence-electron chi connectivity index (χ3n) is 3.16. The van der Waals surface area contributed by atoms with E-state index >= 15 is 0 Å². The van der Waals surface area contributed by atoms with Gasteiger partial charge in [-0.25, -0.2) is 0 Å². The van der Waals surface area contributed by atoms with Crippen LogP contribution in [0, 0.1) is 6.92 Å². The van der Waals surface area contributed by atoms with Gasteiger partial charge in [0, 0.05) is 21.9 Å². The second kappa shape index (κ2) is 5.67. The second-order valence-electron chi connectivity index (χ2n) is 4.79. The number of benzene rings is 2. The Labute approximate surface area is 123 Å². The van der Waals surface area contributed by atoms with Gasteiger partial charge >= 0.3 is 0 Å². The quantitative estimate of drug-likeness (QED) is 0.851. The van der Waals surface area contributed by atoms with Gasteiger partial charge in [-0.15, -0.1) is 0 Å². The van der Waals surface area contributed by atoms with Crippen LogP contribution in [-0.2, 0) is 0 Å². The molecule has 4 heteroatoms. The summed E-state index contributed by atoms with van der Waals surface area (Å²) in [5.74, 6) is 1.66. The molecule has 0 atom stereocenters. The highest BCUT2D eigenvalue weighted by Gasteiger charge is 2.11. The number of aryl methyl sites for hydroxylation is 1. The lowest BCUT2D eigenvalue weighted by molar-refractivity contribution is 0.297. The number of fused-ring (bicyclic) bond motifs is 1. The predicted molar refractivity (Wildman–Crippen MR) is 81.8 cm³/mol. The van der Waals surface area contributed by atoms with Crippen LogP contribution in [0.5, 0.6) is 11.5 Å². The summed E-state index contributed by atoms with van der Waals surface area (Å²) in [5.41, 5.74) is 7.86. The van der Waals surface area contributed by atoms with Crippen LogP contribution in [0.25, 0.3) is 0 Å². The van der Waals surface area contributed by atoms with Crippen molar-refractivity contribution >= 4 is 17.4 Å². The molecular weight excluding hydrogens is 270 g/mol. The van der Waals surface area contributed by atoms with E-state index in [0.717, 1.165) is 28.5 Å². The van der Waals surface area contributed by atoms with Crippen LogP contribution in [0.1, 0.15) is 12.0 Å². The van der Waals surface area contributed by atoms with Gasteiger partial charge in [0.05, 0.1) is 13.2 Å². The van der Waals surface area contributed by atoms with E-state index < -0.39 is 0 Å². The maximum atomic E-state index is 5.85. The first-order valence-corrected chi connectivity index (χ1v) is 7.48. The molecule has 0 unspecified atom stereocenters. The Balaban J connectivity index is 1.87. The van der Waals surface area contributed by atoms with Crippen LogP contribution in [0.3, 0.4) is 0 Å². The highest BCUT2D eigenvalue weighted by atomic mass is 32.2. The van der Waals surface area contributed by atoms with Gasteiger partial charge in [0.25, 0.3) is 0 Å². The Kier molecular flexibility index (Phi) is 3.74. The molecule has 0 fully saturated rings. The molecule has 1 aliphatic heterocycles. The summed E-state index contributed by atoms with van der Waals surface area (Å²) in [4.78, 5) is 2.29. The Morgan fingerprint density at radius 3 is 2.65 bits per heavy atom. The van der Waals surface area contributed by atoms with Gasteiger partial charge in [0.15, 0.2) is 11.5 Å². The molecule has 3 rings (SSSR count). The number of hydrogen-bond acceptors (Lipinski definition) is 4. The topological polar surface area (TPSA) is 44.5 Å². The molecule has 2 aromatic carbocycles. The maximum absolute atomic E-state index is 5.85. The van der Waals surface area contributed by atoms with E-state index in [0.29, 0.717) is 13.2 Å². The molecule has 0 spiro atoms. The molecule has 1 aliphatic rings. The van der Waals surface area contributed by atoms with E-state index in [9.17, 15) is 0 Å². The zero-order valence-corrected chi connectivity index (χ0v) is 12.2. The predicted octanol–water partition coefficient (Wildman–Crippen LogP) is 3.89. The first-order valence-electron chi connectivity index (χ1n) is 6.66. The summed E-state index contributed by atoms with van der Waals surface area (Å²) in [6, 6.07) is 12.0. The molecule has 0 saturated heterocycles. The van der Waals surface area contributed by atoms with Crippen molar-refractivity contribution in [2.45, 2.75) is 23.1 Å². The molecule has 2 aromatic rings. The average molecular weight is 287 g/mol. The Hall–Kier alpha value is -1.81. The van der Waals surface area contributed by atoms with E-state index in [-0.39, 0.29) is 0 Å². The minimum Gasteiger partial charge on any atom is -0.490 e. The molecule has 20 heavy (non-hydrogen) atoms. The molecule has 0 radical (unpaired) electrons. The van der Waals surface area contributed by atoms with Gasteiger partial charge in [0.2, 0.25) is 0 Å². The minimum atomic E-state index is 0.707. The van der Waals surface area contributed by atoms with Gasteiger partial charge in [0.1, 0.15) is 0 Å². The van der Waals surface area contributed by atoms with Crippen molar-refractivity contribution in [3.63, 3.8) is 0 Å². The van der Waals surface area contributed by atoms with E-state index in [1.54, 1.807) is 11.8 Å². The Morgan fingerprint density at radius 2 is 1.80 bits per heavy atom. The van der Waals surface area contributed by atoms with Crippen molar-refractivity contribution in [1.29, 1.82) is 0 Å².